The normalized spacial score (nSPS) is 10.3. The third-order valence-electron chi connectivity index (χ3n) is 2.38. The molecular weight excluding hydrogens is 417 g/mol. The van der Waals surface area contributed by atoms with Crippen LogP contribution < -0.4 is 5.32 Å². The van der Waals surface area contributed by atoms with Crippen molar-refractivity contribution in [2.45, 2.75) is 0 Å². The molecule has 0 heterocycles. The van der Waals surface area contributed by atoms with Crippen LogP contribution in [0.5, 0.6) is 0 Å². The molecule has 0 fully saturated rings. The van der Waals surface area contributed by atoms with Gasteiger partial charge in [-0.25, -0.2) is 0 Å². The minimum Gasteiger partial charge on any atom is -0.321 e. The zero-order chi connectivity index (χ0) is 14.0. The minimum absolute atomic E-state index is 0.252. The third-order valence-corrected chi connectivity index (χ3v) is 5.01. The summed E-state index contributed by atoms with van der Waals surface area (Å²) in [7, 11) is 0. The highest BCUT2D eigenvalue weighted by atomic mass is 79.9. The second-order valence-electron chi connectivity index (χ2n) is 3.68. The van der Waals surface area contributed by atoms with Crippen LogP contribution in [0, 0.1) is 0 Å². The number of halogens is 4. The lowest BCUT2D eigenvalue weighted by atomic mass is 10.2. The number of benzene rings is 2. The molecule has 0 aliphatic rings. The number of hydrogen-bond donors (Lipinski definition) is 1. The molecule has 19 heavy (non-hydrogen) atoms. The van der Waals surface area contributed by atoms with Crippen molar-refractivity contribution < 1.29 is 4.79 Å². The maximum atomic E-state index is 12.1. The molecule has 0 saturated heterocycles. The molecule has 6 heteroatoms. The van der Waals surface area contributed by atoms with E-state index < -0.39 is 0 Å². The van der Waals surface area contributed by atoms with Crippen molar-refractivity contribution in [3.05, 3.63) is 61.0 Å². The minimum atomic E-state index is -0.252. The SMILES string of the molecule is O=C(Nc1cccc(Cl)c1Br)c1ccc(Br)c(Cl)c1. The van der Waals surface area contributed by atoms with Crippen molar-refractivity contribution in [3.63, 3.8) is 0 Å². The molecule has 0 saturated carbocycles. The number of anilines is 1. The molecule has 0 spiro atoms. The van der Waals surface area contributed by atoms with E-state index in [4.69, 9.17) is 23.2 Å². The van der Waals surface area contributed by atoms with E-state index in [1.165, 1.54) is 0 Å². The average molecular weight is 424 g/mol. The van der Waals surface area contributed by atoms with Gasteiger partial charge in [0.1, 0.15) is 0 Å². The smallest absolute Gasteiger partial charge is 0.255 e. The average Bonchev–Trinajstić information content (AvgIpc) is 2.38. The van der Waals surface area contributed by atoms with Crippen LogP contribution in [0.4, 0.5) is 5.69 Å². The van der Waals surface area contributed by atoms with Crippen LogP contribution in [-0.2, 0) is 0 Å². The van der Waals surface area contributed by atoms with Gasteiger partial charge in [-0.3, -0.25) is 4.79 Å². The summed E-state index contributed by atoms with van der Waals surface area (Å²) in [5.74, 6) is -0.252. The van der Waals surface area contributed by atoms with Gasteiger partial charge >= 0.3 is 0 Å². The van der Waals surface area contributed by atoms with Gasteiger partial charge in [-0.05, 0) is 62.2 Å². The lowest BCUT2D eigenvalue weighted by Crippen LogP contribution is -2.12. The summed E-state index contributed by atoms with van der Waals surface area (Å²) in [6, 6.07) is 10.3. The molecule has 0 unspecified atom stereocenters. The molecular formula is C13H7Br2Cl2NO. The first-order chi connectivity index (χ1) is 8.99. The van der Waals surface area contributed by atoms with E-state index in [1.54, 1.807) is 36.4 Å². The second-order valence-corrected chi connectivity index (χ2v) is 6.15. The maximum Gasteiger partial charge on any atom is 0.255 e. The molecule has 0 aromatic heterocycles. The third kappa shape index (κ3) is 3.51. The van der Waals surface area contributed by atoms with Crippen LogP contribution in [0.25, 0.3) is 0 Å². The van der Waals surface area contributed by atoms with Gasteiger partial charge in [0, 0.05) is 10.0 Å². The van der Waals surface area contributed by atoms with Crippen LogP contribution in [0.2, 0.25) is 10.0 Å². The summed E-state index contributed by atoms with van der Waals surface area (Å²) in [4.78, 5) is 12.1. The Balaban J connectivity index is 2.26. The van der Waals surface area contributed by atoms with Crippen LogP contribution in [0.15, 0.2) is 45.3 Å². The zero-order valence-corrected chi connectivity index (χ0v) is 14.1. The van der Waals surface area contributed by atoms with Gasteiger partial charge in [0.05, 0.1) is 20.2 Å². The Morgan fingerprint density at radius 1 is 1.05 bits per heavy atom. The van der Waals surface area contributed by atoms with Gasteiger partial charge in [-0.1, -0.05) is 29.3 Å². The summed E-state index contributed by atoms with van der Waals surface area (Å²) in [6.45, 7) is 0. The van der Waals surface area contributed by atoms with E-state index in [9.17, 15) is 4.79 Å². The van der Waals surface area contributed by atoms with Gasteiger partial charge in [0.25, 0.3) is 5.91 Å². The first-order valence-corrected chi connectivity index (χ1v) is 7.53. The molecule has 2 nitrogen and oxygen atoms in total. The van der Waals surface area contributed by atoms with Gasteiger partial charge < -0.3 is 5.32 Å². The fourth-order valence-corrected chi connectivity index (χ4v) is 2.40. The molecule has 0 radical (unpaired) electrons. The van der Waals surface area contributed by atoms with E-state index in [0.29, 0.717) is 25.8 Å². The number of rotatable bonds is 2. The van der Waals surface area contributed by atoms with Crippen molar-refractivity contribution >= 4 is 66.7 Å². The molecule has 1 N–H and O–H groups in total. The molecule has 2 aromatic rings. The molecule has 98 valence electrons. The summed E-state index contributed by atoms with van der Waals surface area (Å²) in [5.41, 5.74) is 1.08. The predicted octanol–water partition coefficient (Wildman–Crippen LogP) is 5.77. The first-order valence-electron chi connectivity index (χ1n) is 5.19. The highest BCUT2D eigenvalue weighted by Gasteiger charge is 2.11. The van der Waals surface area contributed by atoms with Crippen molar-refractivity contribution in [2.24, 2.45) is 0 Å². The molecule has 0 bridgehead atoms. The standard InChI is InChI=1S/C13H7Br2Cl2NO/c14-8-5-4-7(6-10(8)17)13(19)18-11-3-1-2-9(16)12(11)15/h1-6H,(H,18,19). The van der Waals surface area contributed by atoms with E-state index in [0.717, 1.165) is 4.47 Å². The number of hydrogen-bond acceptors (Lipinski definition) is 1. The highest BCUT2D eigenvalue weighted by molar-refractivity contribution is 9.11. The monoisotopic (exact) mass is 421 g/mol. The van der Waals surface area contributed by atoms with Gasteiger partial charge in [-0.15, -0.1) is 0 Å². The van der Waals surface area contributed by atoms with Crippen LogP contribution >= 0.6 is 55.1 Å². The Hall–Kier alpha value is -0.550. The Bertz CT molecular complexity index is 647. The van der Waals surface area contributed by atoms with Crippen LogP contribution in [-0.4, -0.2) is 5.91 Å². The lowest BCUT2D eigenvalue weighted by Gasteiger charge is -2.09. The quantitative estimate of drug-likeness (QED) is 0.652. The Labute approximate surface area is 137 Å². The van der Waals surface area contributed by atoms with Crippen molar-refractivity contribution in [3.8, 4) is 0 Å². The molecule has 0 aliphatic heterocycles. The Morgan fingerprint density at radius 2 is 1.79 bits per heavy atom. The summed E-state index contributed by atoms with van der Waals surface area (Å²) >= 11 is 18.5. The summed E-state index contributed by atoms with van der Waals surface area (Å²) in [6.07, 6.45) is 0. The highest BCUT2D eigenvalue weighted by Crippen LogP contribution is 2.30. The van der Waals surface area contributed by atoms with Gasteiger partial charge in [-0.2, -0.15) is 0 Å². The second kappa shape index (κ2) is 6.27. The van der Waals surface area contributed by atoms with E-state index in [2.05, 4.69) is 37.2 Å². The van der Waals surface area contributed by atoms with E-state index >= 15 is 0 Å². The number of nitrogens with one attached hydrogen (secondary N) is 1. The Kier molecular flexibility index (Phi) is 4.90. The maximum absolute atomic E-state index is 12.1. The fourth-order valence-electron chi connectivity index (χ4n) is 1.43. The van der Waals surface area contributed by atoms with Gasteiger partial charge in [0.15, 0.2) is 0 Å². The molecule has 1 amide bonds. The zero-order valence-electron chi connectivity index (χ0n) is 9.38. The summed E-state index contributed by atoms with van der Waals surface area (Å²) < 4.78 is 1.39. The van der Waals surface area contributed by atoms with E-state index in [1.807, 2.05) is 0 Å². The Morgan fingerprint density at radius 3 is 2.47 bits per heavy atom. The lowest BCUT2D eigenvalue weighted by molar-refractivity contribution is 0.102. The number of amides is 1. The van der Waals surface area contributed by atoms with Crippen molar-refractivity contribution in [1.29, 1.82) is 0 Å². The number of carbonyl (C=O) groups is 1. The molecule has 2 aromatic carbocycles. The number of carbonyl (C=O) groups excluding carboxylic acids is 1. The predicted molar refractivity (Wildman–Crippen MR) is 86.3 cm³/mol. The van der Waals surface area contributed by atoms with Crippen molar-refractivity contribution in [1.82, 2.24) is 0 Å². The summed E-state index contributed by atoms with van der Waals surface area (Å²) in [5, 5.41) is 3.79. The van der Waals surface area contributed by atoms with E-state index in [-0.39, 0.29) is 5.91 Å². The largest absolute Gasteiger partial charge is 0.321 e. The van der Waals surface area contributed by atoms with Crippen LogP contribution in [0.1, 0.15) is 10.4 Å². The topological polar surface area (TPSA) is 29.1 Å². The van der Waals surface area contributed by atoms with Crippen LogP contribution in [0.3, 0.4) is 0 Å². The first kappa shape index (κ1) is 14.9. The molecule has 0 atom stereocenters. The molecule has 0 aliphatic carbocycles. The molecule has 2 rings (SSSR count). The van der Waals surface area contributed by atoms with Gasteiger partial charge in [0.2, 0.25) is 0 Å². The fraction of sp³-hybridized carbons (Fsp3) is 0. The van der Waals surface area contributed by atoms with Crippen molar-refractivity contribution in [2.75, 3.05) is 5.32 Å².